The number of hydrogen-bond donors (Lipinski definition) is 1. The summed E-state index contributed by atoms with van der Waals surface area (Å²) in [7, 11) is 0. The van der Waals surface area contributed by atoms with Gasteiger partial charge in [0.2, 0.25) is 0 Å². The smallest absolute Gasteiger partial charge is 0.266 e. The molecule has 0 spiro atoms. The zero-order valence-corrected chi connectivity index (χ0v) is 21.9. The molecule has 0 bridgehead atoms. The van der Waals surface area contributed by atoms with Gasteiger partial charge in [-0.2, -0.15) is 0 Å². The average molecular weight is 550 g/mol. The second-order valence-corrected chi connectivity index (χ2v) is 9.86. The zero-order valence-electron chi connectivity index (χ0n) is 18.6. The van der Waals surface area contributed by atoms with Crippen molar-refractivity contribution in [2.75, 3.05) is 25.1 Å². The number of carbonyl (C=O) groups is 2. The summed E-state index contributed by atoms with van der Waals surface area (Å²) in [4.78, 5) is 27.2. The molecule has 3 rings (SSSR count). The summed E-state index contributed by atoms with van der Waals surface area (Å²) in [5.41, 5.74) is 2.46. The molecule has 2 aromatic carbocycles. The second-order valence-electron chi connectivity index (χ2n) is 7.27. The van der Waals surface area contributed by atoms with Crippen LogP contribution in [0.2, 0.25) is 0 Å². The predicted molar refractivity (Wildman–Crippen MR) is 141 cm³/mol. The Balaban J connectivity index is 1.70. The van der Waals surface area contributed by atoms with Gasteiger partial charge < -0.3 is 14.8 Å². The summed E-state index contributed by atoms with van der Waals surface area (Å²) in [6.45, 7) is 6.68. The van der Waals surface area contributed by atoms with Gasteiger partial charge in [0.25, 0.3) is 11.8 Å². The van der Waals surface area contributed by atoms with Gasteiger partial charge in [-0.05, 0) is 67.8 Å². The number of nitrogens with one attached hydrogen (secondary N) is 1. The van der Waals surface area contributed by atoms with Crippen LogP contribution in [0, 0.1) is 6.92 Å². The minimum Gasteiger partial charge on any atom is -0.490 e. The number of carbonyl (C=O) groups excluding carboxylic acids is 2. The number of nitrogens with zero attached hydrogens (tertiary/aromatic N) is 1. The summed E-state index contributed by atoms with van der Waals surface area (Å²) in [5, 5.41) is 2.85. The summed E-state index contributed by atoms with van der Waals surface area (Å²) < 4.78 is 13.0. The molecule has 2 aromatic rings. The van der Waals surface area contributed by atoms with Crippen molar-refractivity contribution in [3.05, 3.63) is 56.9 Å². The quantitative estimate of drug-likeness (QED) is 0.316. The molecule has 0 aromatic heterocycles. The largest absolute Gasteiger partial charge is 0.490 e. The number of hydrogen-bond acceptors (Lipinski definition) is 6. The molecule has 6 nitrogen and oxygen atoms in total. The lowest BCUT2D eigenvalue weighted by atomic mass is 10.2. The molecule has 2 amide bonds. The zero-order chi connectivity index (χ0) is 24.0. The Bertz CT molecular complexity index is 1100. The molecule has 1 aliphatic heterocycles. The summed E-state index contributed by atoms with van der Waals surface area (Å²) >= 11 is 10.0. The molecular formula is C24H25BrN2O4S2. The normalized spacial score (nSPS) is 14.7. The number of rotatable bonds is 9. The van der Waals surface area contributed by atoms with Gasteiger partial charge in [0.1, 0.15) is 4.32 Å². The molecule has 1 heterocycles. The lowest BCUT2D eigenvalue weighted by molar-refractivity contribution is -0.122. The maximum atomic E-state index is 12.6. The number of ether oxygens (including phenoxy) is 2. The highest BCUT2D eigenvalue weighted by Crippen LogP contribution is 2.35. The van der Waals surface area contributed by atoms with Crippen molar-refractivity contribution in [2.24, 2.45) is 0 Å². The van der Waals surface area contributed by atoms with Gasteiger partial charge in [-0.15, -0.1) is 0 Å². The lowest BCUT2D eigenvalue weighted by Crippen LogP contribution is -2.28. The van der Waals surface area contributed by atoms with Crippen LogP contribution >= 0.6 is 39.9 Å². The van der Waals surface area contributed by atoms with Gasteiger partial charge in [-0.25, -0.2) is 0 Å². The summed E-state index contributed by atoms with van der Waals surface area (Å²) in [6.07, 6.45) is 2.64. The van der Waals surface area contributed by atoms with Crippen molar-refractivity contribution in [2.45, 2.75) is 27.2 Å². The third-order valence-corrected chi connectivity index (χ3v) is 6.58. The Morgan fingerprint density at radius 3 is 2.67 bits per heavy atom. The molecule has 33 heavy (non-hydrogen) atoms. The van der Waals surface area contributed by atoms with Crippen molar-refractivity contribution in [1.29, 1.82) is 0 Å². The Labute approximate surface area is 211 Å². The minimum atomic E-state index is -0.272. The molecule has 0 unspecified atom stereocenters. The van der Waals surface area contributed by atoms with E-state index in [-0.39, 0.29) is 18.4 Å². The van der Waals surface area contributed by atoms with Crippen LogP contribution in [0.3, 0.4) is 0 Å². The summed E-state index contributed by atoms with van der Waals surface area (Å²) in [6, 6.07) is 11.0. The maximum absolute atomic E-state index is 12.6. The van der Waals surface area contributed by atoms with Crippen LogP contribution in [0.15, 0.2) is 45.8 Å². The fourth-order valence-corrected chi connectivity index (χ4v) is 4.95. The van der Waals surface area contributed by atoms with Crippen LogP contribution in [0.4, 0.5) is 5.69 Å². The fourth-order valence-electron chi connectivity index (χ4n) is 3.17. The third-order valence-electron chi connectivity index (χ3n) is 4.71. The number of amides is 2. The van der Waals surface area contributed by atoms with Gasteiger partial charge in [0.15, 0.2) is 18.1 Å². The number of halogens is 1. The van der Waals surface area contributed by atoms with Crippen molar-refractivity contribution < 1.29 is 19.1 Å². The van der Waals surface area contributed by atoms with E-state index >= 15 is 0 Å². The van der Waals surface area contributed by atoms with Crippen molar-refractivity contribution in [3.8, 4) is 11.5 Å². The van der Waals surface area contributed by atoms with E-state index in [1.165, 1.54) is 11.8 Å². The molecule has 174 valence electrons. The van der Waals surface area contributed by atoms with Crippen molar-refractivity contribution in [1.82, 2.24) is 4.90 Å². The Morgan fingerprint density at radius 1 is 1.18 bits per heavy atom. The van der Waals surface area contributed by atoms with Crippen LogP contribution in [0.1, 0.15) is 31.4 Å². The minimum absolute atomic E-state index is 0.0787. The number of anilines is 1. The first-order valence-electron chi connectivity index (χ1n) is 10.5. The highest BCUT2D eigenvalue weighted by atomic mass is 79.9. The molecule has 1 N–H and O–H groups in total. The lowest BCUT2D eigenvalue weighted by Gasteiger charge is -2.14. The van der Waals surface area contributed by atoms with Gasteiger partial charge >= 0.3 is 0 Å². The molecule has 1 aliphatic rings. The molecule has 0 atom stereocenters. The van der Waals surface area contributed by atoms with Crippen LogP contribution in [0.5, 0.6) is 11.5 Å². The van der Waals surface area contributed by atoms with Crippen LogP contribution in [0.25, 0.3) is 6.08 Å². The molecule has 0 aliphatic carbocycles. The van der Waals surface area contributed by atoms with Crippen molar-refractivity contribution >= 4 is 67.8 Å². The monoisotopic (exact) mass is 548 g/mol. The third kappa shape index (κ3) is 6.59. The van der Waals surface area contributed by atoms with Crippen molar-refractivity contribution in [3.63, 3.8) is 0 Å². The highest BCUT2D eigenvalue weighted by molar-refractivity contribution is 9.10. The first-order chi connectivity index (χ1) is 15.8. The van der Waals surface area contributed by atoms with E-state index < -0.39 is 0 Å². The number of thioether (sulfide) groups is 1. The summed E-state index contributed by atoms with van der Waals surface area (Å²) in [5.74, 6) is 0.606. The average Bonchev–Trinajstić information content (AvgIpc) is 3.03. The maximum Gasteiger partial charge on any atom is 0.266 e. The van der Waals surface area contributed by atoms with E-state index in [4.69, 9.17) is 21.7 Å². The molecular weight excluding hydrogens is 524 g/mol. The van der Waals surface area contributed by atoms with Crippen LogP contribution in [-0.2, 0) is 9.59 Å². The molecule has 1 fully saturated rings. The fraction of sp³-hybridized carbons (Fsp3) is 0.292. The van der Waals surface area contributed by atoms with E-state index in [1.54, 1.807) is 23.1 Å². The van der Waals surface area contributed by atoms with Gasteiger partial charge in [0.05, 0.1) is 11.5 Å². The number of benzene rings is 2. The highest BCUT2D eigenvalue weighted by Gasteiger charge is 2.31. The van der Waals surface area contributed by atoms with E-state index in [1.807, 2.05) is 45.0 Å². The van der Waals surface area contributed by atoms with Crippen LogP contribution in [-0.4, -0.2) is 40.8 Å². The molecule has 0 radical (unpaired) electrons. The molecule has 9 heteroatoms. The van der Waals surface area contributed by atoms with Gasteiger partial charge in [-0.3, -0.25) is 14.5 Å². The van der Waals surface area contributed by atoms with E-state index in [0.29, 0.717) is 33.9 Å². The predicted octanol–water partition coefficient (Wildman–Crippen LogP) is 5.78. The first kappa shape index (κ1) is 25.3. The SMILES string of the molecule is CCCN1C(=O)/C(=C/c2ccc(OCC(=O)Nc3ccc(Br)cc3C)c(OCC)c2)SC1=S. The second kappa shape index (κ2) is 11.7. The first-order valence-corrected chi connectivity index (χ1v) is 12.5. The molecule has 1 saturated heterocycles. The standard InChI is InChI=1S/C24H25BrN2O4S2/c1-4-10-27-23(29)21(33-24(27)32)13-16-6-9-19(20(12-16)30-5-2)31-14-22(28)26-18-8-7-17(25)11-15(18)3/h6-9,11-13H,4-5,10,14H2,1-3H3,(H,26,28)/b21-13-. The van der Waals surface area contributed by atoms with Gasteiger partial charge in [-0.1, -0.05) is 52.9 Å². The topological polar surface area (TPSA) is 67.9 Å². The van der Waals surface area contributed by atoms with Crippen LogP contribution < -0.4 is 14.8 Å². The Morgan fingerprint density at radius 2 is 1.97 bits per heavy atom. The Hall–Kier alpha value is -2.36. The van der Waals surface area contributed by atoms with Gasteiger partial charge in [0, 0.05) is 16.7 Å². The van der Waals surface area contributed by atoms with E-state index in [9.17, 15) is 9.59 Å². The Kier molecular flexibility index (Phi) is 8.94. The van der Waals surface area contributed by atoms with E-state index in [0.717, 1.165) is 27.7 Å². The number of thiocarbonyl (C=S) groups is 1. The number of aryl methyl sites for hydroxylation is 1. The molecule has 0 saturated carbocycles. The van der Waals surface area contributed by atoms with E-state index in [2.05, 4.69) is 21.2 Å².